The fraction of sp³-hybridized carbons (Fsp3) is 0.167. The number of rotatable bonds is 4. The summed E-state index contributed by atoms with van der Waals surface area (Å²) in [4.78, 5) is 3.95. The molecule has 0 aliphatic heterocycles. The maximum absolute atomic E-state index is 13.8. The molecule has 0 spiro atoms. The second-order valence-corrected chi connectivity index (χ2v) is 3.82. The van der Waals surface area contributed by atoms with Gasteiger partial charge in [-0.15, -0.1) is 0 Å². The van der Waals surface area contributed by atoms with Crippen LogP contribution >= 0.6 is 0 Å². The van der Waals surface area contributed by atoms with Crippen LogP contribution in [0.1, 0.15) is 11.4 Å². The fourth-order valence-electron chi connectivity index (χ4n) is 1.68. The molecule has 0 saturated heterocycles. The molecular formula is C12H13FN4O2. The minimum atomic E-state index is -0.390. The molecule has 0 fully saturated rings. The highest BCUT2D eigenvalue weighted by atomic mass is 19.1. The van der Waals surface area contributed by atoms with E-state index >= 15 is 0 Å². The predicted molar refractivity (Wildman–Crippen MR) is 66.8 cm³/mol. The van der Waals surface area contributed by atoms with Gasteiger partial charge >= 0.3 is 0 Å². The molecular weight excluding hydrogens is 251 g/mol. The van der Waals surface area contributed by atoms with Crippen molar-refractivity contribution < 1.29 is 14.3 Å². The molecule has 19 heavy (non-hydrogen) atoms. The Morgan fingerprint density at radius 1 is 1.58 bits per heavy atom. The van der Waals surface area contributed by atoms with Crippen LogP contribution in [0, 0.1) is 5.82 Å². The van der Waals surface area contributed by atoms with Gasteiger partial charge in [-0.2, -0.15) is 0 Å². The highest BCUT2D eigenvalue weighted by Crippen LogP contribution is 2.17. The molecule has 0 bridgehead atoms. The highest BCUT2D eigenvalue weighted by molar-refractivity contribution is 5.93. The third kappa shape index (κ3) is 2.65. The summed E-state index contributed by atoms with van der Waals surface area (Å²) >= 11 is 0. The first kappa shape index (κ1) is 12.9. The maximum atomic E-state index is 13.8. The van der Waals surface area contributed by atoms with E-state index in [4.69, 9.17) is 15.7 Å². The average Bonchev–Trinajstić information content (AvgIpc) is 2.88. The minimum Gasteiger partial charge on any atom is -0.497 e. The van der Waals surface area contributed by atoms with Gasteiger partial charge in [0.15, 0.2) is 5.82 Å². The summed E-state index contributed by atoms with van der Waals surface area (Å²) in [6, 6.07) is 4.58. The van der Waals surface area contributed by atoms with Crippen molar-refractivity contribution in [1.29, 1.82) is 0 Å². The van der Waals surface area contributed by atoms with Crippen molar-refractivity contribution in [2.75, 3.05) is 7.11 Å². The van der Waals surface area contributed by atoms with E-state index in [-0.39, 0.29) is 18.2 Å². The molecule has 0 atom stereocenters. The van der Waals surface area contributed by atoms with Crippen LogP contribution in [0.3, 0.4) is 0 Å². The lowest BCUT2D eigenvalue weighted by molar-refractivity contribution is 0.318. The number of nitrogens with two attached hydrogens (primary N) is 1. The zero-order chi connectivity index (χ0) is 13.8. The Bertz CT molecular complexity index is 610. The molecule has 0 saturated carbocycles. The molecule has 1 heterocycles. The Kier molecular flexibility index (Phi) is 3.65. The molecule has 2 rings (SSSR count). The van der Waals surface area contributed by atoms with Gasteiger partial charge in [0.2, 0.25) is 5.84 Å². The minimum absolute atomic E-state index is 0.126. The molecule has 2 aromatic rings. The van der Waals surface area contributed by atoms with Crippen molar-refractivity contribution in [3.63, 3.8) is 0 Å². The summed E-state index contributed by atoms with van der Waals surface area (Å²) in [5, 5.41) is 11.5. The van der Waals surface area contributed by atoms with Gasteiger partial charge in [0.05, 0.1) is 13.7 Å². The van der Waals surface area contributed by atoms with Crippen LogP contribution in [0.2, 0.25) is 0 Å². The molecule has 3 N–H and O–H groups in total. The van der Waals surface area contributed by atoms with E-state index in [1.807, 2.05) is 0 Å². The zero-order valence-electron chi connectivity index (χ0n) is 10.2. The quantitative estimate of drug-likeness (QED) is 0.376. The summed E-state index contributed by atoms with van der Waals surface area (Å²) < 4.78 is 20.3. The SMILES string of the molecule is COc1ccc(Cn2ccnc2/C(N)=N/O)c(F)c1. The van der Waals surface area contributed by atoms with Gasteiger partial charge in [0.25, 0.3) is 0 Å². The summed E-state index contributed by atoms with van der Waals surface area (Å²) in [6.07, 6.45) is 3.12. The number of nitrogens with zero attached hydrogens (tertiary/aromatic N) is 3. The Hall–Kier alpha value is -2.57. The molecule has 1 aromatic carbocycles. The molecule has 6 nitrogen and oxygen atoms in total. The lowest BCUT2D eigenvalue weighted by atomic mass is 10.2. The second-order valence-electron chi connectivity index (χ2n) is 3.82. The molecule has 0 aliphatic rings. The van der Waals surface area contributed by atoms with Crippen molar-refractivity contribution in [3.8, 4) is 5.75 Å². The van der Waals surface area contributed by atoms with E-state index in [1.165, 1.54) is 19.4 Å². The van der Waals surface area contributed by atoms with Crippen LogP contribution in [0.5, 0.6) is 5.75 Å². The van der Waals surface area contributed by atoms with Gasteiger partial charge in [-0.3, -0.25) is 0 Å². The largest absolute Gasteiger partial charge is 0.497 e. The third-order valence-corrected chi connectivity index (χ3v) is 2.65. The van der Waals surface area contributed by atoms with E-state index in [9.17, 15) is 4.39 Å². The third-order valence-electron chi connectivity index (χ3n) is 2.65. The Morgan fingerprint density at radius 3 is 3.00 bits per heavy atom. The zero-order valence-corrected chi connectivity index (χ0v) is 10.2. The summed E-state index contributed by atoms with van der Waals surface area (Å²) in [7, 11) is 1.47. The van der Waals surface area contributed by atoms with Crippen LogP contribution in [-0.4, -0.2) is 27.7 Å². The fourth-order valence-corrected chi connectivity index (χ4v) is 1.68. The number of oxime groups is 1. The Balaban J connectivity index is 2.29. The van der Waals surface area contributed by atoms with Crippen LogP contribution in [0.25, 0.3) is 0 Å². The van der Waals surface area contributed by atoms with E-state index in [0.717, 1.165) is 0 Å². The molecule has 1 aromatic heterocycles. The highest BCUT2D eigenvalue weighted by Gasteiger charge is 2.10. The average molecular weight is 264 g/mol. The number of hydrogen-bond donors (Lipinski definition) is 2. The van der Waals surface area contributed by atoms with E-state index in [1.54, 1.807) is 22.9 Å². The van der Waals surface area contributed by atoms with Crippen molar-refractivity contribution in [1.82, 2.24) is 9.55 Å². The number of benzene rings is 1. The number of ether oxygens (including phenoxy) is 1. The Labute approximate surface area is 108 Å². The van der Waals surface area contributed by atoms with Gasteiger partial charge < -0.3 is 20.2 Å². The van der Waals surface area contributed by atoms with E-state index in [0.29, 0.717) is 11.3 Å². The predicted octanol–water partition coefficient (Wildman–Crippen LogP) is 1.17. The van der Waals surface area contributed by atoms with Crippen LogP contribution in [-0.2, 0) is 6.54 Å². The van der Waals surface area contributed by atoms with Gasteiger partial charge in [-0.05, 0) is 6.07 Å². The molecule has 7 heteroatoms. The van der Waals surface area contributed by atoms with Gasteiger partial charge in [-0.25, -0.2) is 9.37 Å². The molecule has 0 unspecified atom stereocenters. The lowest BCUT2D eigenvalue weighted by Gasteiger charge is -2.09. The standard InChI is InChI=1S/C12H13FN4O2/c1-19-9-3-2-8(10(13)6-9)7-17-5-4-15-12(17)11(14)16-18/h2-6,18H,7H2,1H3,(H2,14,16). The van der Waals surface area contributed by atoms with Crippen molar-refractivity contribution in [2.24, 2.45) is 10.9 Å². The molecule has 0 radical (unpaired) electrons. The first-order valence-corrected chi connectivity index (χ1v) is 5.47. The van der Waals surface area contributed by atoms with Gasteiger partial charge in [-0.1, -0.05) is 11.2 Å². The van der Waals surface area contributed by atoms with Crippen molar-refractivity contribution >= 4 is 5.84 Å². The van der Waals surface area contributed by atoms with Crippen LogP contribution < -0.4 is 10.5 Å². The number of hydrogen-bond acceptors (Lipinski definition) is 4. The smallest absolute Gasteiger partial charge is 0.206 e. The monoisotopic (exact) mass is 264 g/mol. The second kappa shape index (κ2) is 5.38. The lowest BCUT2D eigenvalue weighted by Crippen LogP contribution is -2.20. The first-order chi connectivity index (χ1) is 9.15. The summed E-state index contributed by atoms with van der Waals surface area (Å²) in [5.41, 5.74) is 5.93. The number of aromatic nitrogens is 2. The number of halogens is 1. The first-order valence-electron chi connectivity index (χ1n) is 5.47. The maximum Gasteiger partial charge on any atom is 0.206 e. The number of amidine groups is 1. The summed E-state index contributed by atoms with van der Waals surface area (Å²) in [6.45, 7) is 0.224. The van der Waals surface area contributed by atoms with Crippen LogP contribution in [0.4, 0.5) is 4.39 Å². The molecule has 0 amide bonds. The Morgan fingerprint density at radius 2 is 2.37 bits per heavy atom. The molecule has 100 valence electrons. The number of methoxy groups -OCH3 is 1. The van der Waals surface area contributed by atoms with E-state index in [2.05, 4.69) is 10.1 Å². The van der Waals surface area contributed by atoms with Crippen molar-refractivity contribution in [3.05, 3.63) is 47.8 Å². The normalized spacial score (nSPS) is 11.6. The number of imidazole rings is 1. The van der Waals surface area contributed by atoms with Crippen LogP contribution in [0.15, 0.2) is 35.7 Å². The van der Waals surface area contributed by atoms with Gasteiger partial charge in [0.1, 0.15) is 11.6 Å². The molecule has 0 aliphatic carbocycles. The van der Waals surface area contributed by atoms with E-state index < -0.39 is 5.82 Å². The van der Waals surface area contributed by atoms with Crippen molar-refractivity contribution in [2.45, 2.75) is 6.54 Å². The van der Waals surface area contributed by atoms with Gasteiger partial charge in [0, 0.05) is 24.0 Å². The topological polar surface area (TPSA) is 85.7 Å². The summed E-state index contributed by atoms with van der Waals surface area (Å²) in [5.74, 6) is 0.207.